The third-order valence-electron chi connectivity index (χ3n) is 2.91. The van der Waals surface area contributed by atoms with Crippen LogP contribution < -0.4 is 0 Å². The molecule has 1 aliphatic rings. The van der Waals surface area contributed by atoms with E-state index in [1.54, 1.807) is 0 Å². The molecule has 1 aliphatic carbocycles. The van der Waals surface area contributed by atoms with Crippen molar-refractivity contribution in [2.75, 3.05) is 0 Å². The van der Waals surface area contributed by atoms with Gasteiger partial charge in [-0.3, -0.25) is 0 Å². The van der Waals surface area contributed by atoms with Gasteiger partial charge in [0.25, 0.3) is 0 Å². The third kappa shape index (κ3) is 1.10. The number of hydrogen-bond acceptors (Lipinski definition) is 1. The first kappa shape index (κ1) is 7.80. The second-order valence-corrected chi connectivity index (χ2v) is 3.58. The summed E-state index contributed by atoms with van der Waals surface area (Å²) < 4.78 is 0. The zero-order valence-electron chi connectivity index (χ0n) is 6.80. The highest BCUT2D eigenvalue weighted by molar-refractivity contribution is 4.98. The fourth-order valence-corrected chi connectivity index (χ4v) is 1.72. The molecule has 0 aliphatic heterocycles. The van der Waals surface area contributed by atoms with Crippen LogP contribution >= 0.6 is 0 Å². The Morgan fingerprint density at radius 2 is 2.30 bits per heavy atom. The van der Waals surface area contributed by atoms with E-state index in [1.165, 1.54) is 0 Å². The van der Waals surface area contributed by atoms with Gasteiger partial charge in [-0.2, -0.15) is 0 Å². The molecule has 1 rings (SSSR count). The van der Waals surface area contributed by atoms with E-state index < -0.39 is 5.60 Å². The normalized spacial score (nSPS) is 47.5. The minimum absolute atomic E-state index is 0.380. The van der Waals surface area contributed by atoms with Crippen molar-refractivity contribution in [2.24, 2.45) is 11.8 Å². The van der Waals surface area contributed by atoms with Crippen molar-refractivity contribution < 1.29 is 5.11 Å². The van der Waals surface area contributed by atoms with Crippen molar-refractivity contribution in [3.05, 3.63) is 12.7 Å². The molecule has 58 valence electrons. The van der Waals surface area contributed by atoms with E-state index in [2.05, 4.69) is 13.5 Å². The van der Waals surface area contributed by atoms with Gasteiger partial charge >= 0.3 is 0 Å². The van der Waals surface area contributed by atoms with Crippen molar-refractivity contribution >= 4 is 0 Å². The smallest absolute Gasteiger partial charge is 0.0651 e. The molecule has 1 fully saturated rings. The van der Waals surface area contributed by atoms with Crippen molar-refractivity contribution in [3.63, 3.8) is 0 Å². The number of allylic oxidation sites excluding steroid dienone is 1. The lowest BCUT2D eigenvalue weighted by atomic mass is 9.89. The maximum absolute atomic E-state index is 9.72. The lowest BCUT2D eigenvalue weighted by molar-refractivity contribution is 0.0226. The lowest BCUT2D eigenvalue weighted by Crippen LogP contribution is -2.28. The van der Waals surface area contributed by atoms with E-state index in [0.29, 0.717) is 11.8 Å². The van der Waals surface area contributed by atoms with Crippen LogP contribution in [0.15, 0.2) is 12.7 Å². The van der Waals surface area contributed by atoms with Gasteiger partial charge in [-0.15, -0.1) is 6.58 Å². The first-order valence-corrected chi connectivity index (χ1v) is 3.93. The van der Waals surface area contributed by atoms with Crippen molar-refractivity contribution in [3.8, 4) is 0 Å². The first-order chi connectivity index (χ1) is 4.58. The maximum atomic E-state index is 9.72. The predicted octanol–water partition coefficient (Wildman–Crippen LogP) is 1.97. The van der Waals surface area contributed by atoms with Crippen LogP contribution in [0.5, 0.6) is 0 Å². The molecule has 0 unspecified atom stereocenters. The number of rotatable bonds is 1. The molecule has 0 radical (unpaired) electrons. The van der Waals surface area contributed by atoms with Gasteiger partial charge in [-0.25, -0.2) is 0 Å². The second kappa shape index (κ2) is 2.39. The average Bonchev–Trinajstić information content (AvgIpc) is 2.10. The summed E-state index contributed by atoms with van der Waals surface area (Å²) >= 11 is 0. The molecular formula is C9H16O. The quantitative estimate of drug-likeness (QED) is 0.552. The summed E-state index contributed by atoms with van der Waals surface area (Å²) in [7, 11) is 0. The van der Waals surface area contributed by atoms with Crippen LogP contribution in [0.2, 0.25) is 0 Å². The molecular weight excluding hydrogens is 124 g/mol. The van der Waals surface area contributed by atoms with Gasteiger partial charge in [0.1, 0.15) is 0 Å². The van der Waals surface area contributed by atoms with Gasteiger partial charge < -0.3 is 5.11 Å². The van der Waals surface area contributed by atoms with E-state index in [1.807, 2.05) is 13.0 Å². The molecule has 0 amide bonds. The summed E-state index contributed by atoms with van der Waals surface area (Å²) in [4.78, 5) is 0. The molecule has 1 heteroatoms. The van der Waals surface area contributed by atoms with Crippen LogP contribution in [-0.4, -0.2) is 10.7 Å². The van der Waals surface area contributed by atoms with Crippen molar-refractivity contribution in [2.45, 2.75) is 32.3 Å². The Balaban J connectivity index is 2.66. The van der Waals surface area contributed by atoms with E-state index in [-0.39, 0.29) is 0 Å². The molecule has 1 N–H and O–H groups in total. The molecule has 0 saturated heterocycles. The summed E-state index contributed by atoms with van der Waals surface area (Å²) in [5.41, 5.74) is -0.446. The van der Waals surface area contributed by atoms with Gasteiger partial charge in [0.15, 0.2) is 0 Å². The molecule has 0 aromatic heterocycles. The minimum Gasteiger partial charge on any atom is -0.390 e. The molecule has 0 heterocycles. The number of hydrogen-bond donors (Lipinski definition) is 1. The predicted molar refractivity (Wildman–Crippen MR) is 42.7 cm³/mol. The van der Waals surface area contributed by atoms with Gasteiger partial charge in [-0.1, -0.05) is 13.0 Å². The van der Waals surface area contributed by atoms with Crippen molar-refractivity contribution in [1.29, 1.82) is 0 Å². The van der Waals surface area contributed by atoms with E-state index >= 15 is 0 Å². The van der Waals surface area contributed by atoms with Crippen LogP contribution in [0.1, 0.15) is 26.7 Å². The summed E-state index contributed by atoms with van der Waals surface area (Å²) in [6.07, 6.45) is 3.98. The minimum atomic E-state index is -0.446. The van der Waals surface area contributed by atoms with Crippen LogP contribution in [0.4, 0.5) is 0 Å². The molecule has 1 saturated carbocycles. The second-order valence-electron chi connectivity index (χ2n) is 3.58. The SMILES string of the molecule is C=C[C@@H]1CC[C@@](C)(O)[C@@H]1C. The molecule has 0 aromatic carbocycles. The molecule has 10 heavy (non-hydrogen) atoms. The lowest BCUT2D eigenvalue weighted by Gasteiger charge is -2.23. The summed E-state index contributed by atoms with van der Waals surface area (Å²) in [5.74, 6) is 0.903. The number of aliphatic hydroxyl groups is 1. The summed E-state index contributed by atoms with van der Waals surface area (Å²) in [5, 5.41) is 9.72. The molecule has 0 spiro atoms. The first-order valence-electron chi connectivity index (χ1n) is 3.93. The largest absolute Gasteiger partial charge is 0.390 e. The maximum Gasteiger partial charge on any atom is 0.0651 e. The van der Waals surface area contributed by atoms with Gasteiger partial charge in [0.2, 0.25) is 0 Å². The Hall–Kier alpha value is -0.300. The Labute approximate surface area is 62.8 Å². The average molecular weight is 140 g/mol. The Morgan fingerprint density at radius 1 is 1.70 bits per heavy atom. The fourth-order valence-electron chi connectivity index (χ4n) is 1.72. The zero-order chi connectivity index (χ0) is 7.78. The highest BCUT2D eigenvalue weighted by Crippen LogP contribution is 2.39. The van der Waals surface area contributed by atoms with E-state index in [0.717, 1.165) is 12.8 Å². The van der Waals surface area contributed by atoms with E-state index in [9.17, 15) is 5.11 Å². The fraction of sp³-hybridized carbons (Fsp3) is 0.778. The van der Waals surface area contributed by atoms with E-state index in [4.69, 9.17) is 0 Å². The molecule has 1 nitrogen and oxygen atoms in total. The molecule has 0 aromatic rings. The summed E-state index contributed by atoms with van der Waals surface area (Å²) in [6, 6.07) is 0. The molecule has 3 atom stereocenters. The van der Waals surface area contributed by atoms with Gasteiger partial charge in [-0.05, 0) is 31.6 Å². The van der Waals surface area contributed by atoms with Crippen LogP contribution in [0, 0.1) is 11.8 Å². The third-order valence-corrected chi connectivity index (χ3v) is 2.91. The van der Waals surface area contributed by atoms with Crippen LogP contribution in [0.25, 0.3) is 0 Å². The van der Waals surface area contributed by atoms with Gasteiger partial charge in [0, 0.05) is 0 Å². The Kier molecular flexibility index (Phi) is 1.86. The summed E-state index contributed by atoms with van der Waals surface area (Å²) in [6.45, 7) is 7.76. The highest BCUT2D eigenvalue weighted by atomic mass is 16.3. The van der Waals surface area contributed by atoms with Crippen LogP contribution in [0.3, 0.4) is 0 Å². The topological polar surface area (TPSA) is 20.2 Å². The Morgan fingerprint density at radius 3 is 2.50 bits per heavy atom. The monoisotopic (exact) mass is 140 g/mol. The standard InChI is InChI=1S/C9H16O/c1-4-8-5-6-9(3,10)7(8)2/h4,7-8,10H,1,5-6H2,2-3H3/t7-,8-,9-/m1/s1. The van der Waals surface area contributed by atoms with Crippen LogP contribution in [-0.2, 0) is 0 Å². The highest BCUT2D eigenvalue weighted by Gasteiger charge is 2.38. The molecule has 0 bridgehead atoms. The Bertz CT molecular complexity index is 138. The zero-order valence-corrected chi connectivity index (χ0v) is 6.80. The van der Waals surface area contributed by atoms with Gasteiger partial charge in [0.05, 0.1) is 5.60 Å². The van der Waals surface area contributed by atoms with Crippen molar-refractivity contribution in [1.82, 2.24) is 0 Å².